The van der Waals surface area contributed by atoms with Crippen molar-refractivity contribution in [3.8, 4) is 11.5 Å². The first kappa shape index (κ1) is 14.7. The van der Waals surface area contributed by atoms with Gasteiger partial charge in [-0.25, -0.2) is 0 Å². The molecule has 1 aliphatic heterocycles. The third-order valence-electron chi connectivity index (χ3n) is 5.00. The van der Waals surface area contributed by atoms with E-state index in [1.54, 1.807) is 7.11 Å². The summed E-state index contributed by atoms with van der Waals surface area (Å²) in [6.07, 6.45) is 6.04. The maximum atomic E-state index is 6.20. The van der Waals surface area contributed by atoms with Crippen molar-refractivity contribution < 1.29 is 9.47 Å². The van der Waals surface area contributed by atoms with Crippen LogP contribution in [0.15, 0.2) is 18.2 Å². The van der Waals surface area contributed by atoms with Crippen molar-refractivity contribution in [3.63, 3.8) is 0 Å². The lowest BCUT2D eigenvalue weighted by atomic mass is 9.64. The van der Waals surface area contributed by atoms with Crippen LogP contribution < -0.4 is 20.5 Å². The molecular formula is C17H26N2O2. The quantitative estimate of drug-likeness (QED) is 0.873. The first-order chi connectivity index (χ1) is 10.3. The summed E-state index contributed by atoms with van der Waals surface area (Å²) in [7, 11) is 1.73. The summed E-state index contributed by atoms with van der Waals surface area (Å²) < 4.78 is 11.9. The topological polar surface area (TPSA) is 56.5 Å². The van der Waals surface area contributed by atoms with Crippen LogP contribution in [0.4, 0.5) is 0 Å². The first-order valence-electron chi connectivity index (χ1n) is 8.04. The number of nitrogens with two attached hydrogens (primary N) is 1. The largest absolute Gasteiger partial charge is 0.493 e. The highest BCUT2D eigenvalue weighted by atomic mass is 16.5. The monoisotopic (exact) mass is 290 g/mol. The number of nitrogens with one attached hydrogen (secondary N) is 1. The highest BCUT2D eigenvalue weighted by Crippen LogP contribution is 2.49. The lowest BCUT2D eigenvalue weighted by molar-refractivity contribution is 0.159. The average Bonchev–Trinajstić information content (AvgIpc) is 2.48. The molecule has 1 saturated carbocycles. The molecule has 3 N–H and O–H groups in total. The van der Waals surface area contributed by atoms with Crippen LogP contribution in [0, 0.1) is 0 Å². The van der Waals surface area contributed by atoms with Gasteiger partial charge in [0.1, 0.15) is 6.10 Å². The van der Waals surface area contributed by atoms with Crippen LogP contribution in [-0.2, 0) is 5.41 Å². The van der Waals surface area contributed by atoms with Gasteiger partial charge in [0.15, 0.2) is 11.5 Å². The SMILES string of the molecule is COc1c(OC2CCCNC2)cccc1C1(CN)CCC1. The molecule has 4 nitrogen and oxygen atoms in total. The number of rotatable bonds is 5. The summed E-state index contributed by atoms with van der Waals surface area (Å²) in [5, 5.41) is 3.39. The predicted octanol–water partition coefficient (Wildman–Crippen LogP) is 2.21. The standard InChI is InChI=1S/C17H26N2O2/c1-20-16-14(17(12-18)8-4-9-17)6-2-7-15(16)21-13-5-3-10-19-11-13/h2,6-7,13,19H,3-5,8-12,18H2,1H3. The van der Waals surface area contributed by atoms with E-state index in [1.165, 1.54) is 18.4 Å². The van der Waals surface area contributed by atoms with Crippen LogP contribution in [0.1, 0.15) is 37.7 Å². The predicted molar refractivity (Wildman–Crippen MR) is 84.1 cm³/mol. The van der Waals surface area contributed by atoms with Crippen LogP contribution in [0.25, 0.3) is 0 Å². The van der Waals surface area contributed by atoms with E-state index in [2.05, 4.69) is 17.4 Å². The molecule has 2 aliphatic rings. The Bertz CT molecular complexity index is 474. The molecule has 1 aromatic carbocycles. The van der Waals surface area contributed by atoms with Crippen molar-refractivity contribution in [2.24, 2.45) is 5.73 Å². The smallest absolute Gasteiger partial charge is 0.164 e. The van der Waals surface area contributed by atoms with Gasteiger partial charge in [-0.2, -0.15) is 0 Å². The van der Waals surface area contributed by atoms with Crippen molar-refractivity contribution in [1.29, 1.82) is 0 Å². The van der Waals surface area contributed by atoms with Crippen LogP contribution in [0.5, 0.6) is 11.5 Å². The van der Waals surface area contributed by atoms with Gasteiger partial charge in [-0.05, 0) is 38.3 Å². The van der Waals surface area contributed by atoms with Crippen molar-refractivity contribution in [2.45, 2.75) is 43.6 Å². The van der Waals surface area contributed by atoms with E-state index in [0.29, 0.717) is 6.54 Å². The minimum atomic E-state index is 0.0928. The molecule has 1 saturated heterocycles. The molecule has 1 atom stereocenters. The zero-order valence-corrected chi connectivity index (χ0v) is 12.9. The molecule has 1 unspecified atom stereocenters. The third kappa shape index (κ3) is 2.74. The average molecular weight is 290 g/mol. The van der Waals surface area contributed by atoms with Gasteiger partial charge in [0.05, 0.1) is 7.11 Å². The maximum absolute atomic E-state index is 6.20. The lowest BCUT2D eigenvalue weighted by Crippen LogP contribution is -2.42. The van der Waals surface area contributed by atoms with Crippen molar-refractivity contribution in [2.75, 3.05) is 26.7 Å². The molecule has 1 aromatic rings. The number of ether oxygens (including phenoxy) is 2. The molecule has 116 valence electrons. The van der Waals surface area contributed by atoms with Gasteiger partial charge >= 0.3 is 0 Å². The Hall–Kier alpha value is -1.26. The summed E-state index contributed by atoms with van der Waals surface area (Å²) >= 11 is 0. The highest BCUT2D eigenvalue weighted by molar-refractivity contribution is 5.51. The Morgan fingerprint density at radius 3 is 2.76 bits per heavy atom. The summed E-state index contributed by atoms with van der Waals surface area (Å²) in [5.74, 6) is 1.75. The molecule has 1 aliphatic carbocycles. The van der Waals surface area contributed by atoms with Crippen molar-refractivity contribution >= 4 is 0 Å². The number of benzene rings is 1. The molecule has 0 aromatic heterocycles. The molecule has 0 bridgehead atoms. The summed E-state index contributed by atoms with van der Waals surface area (Å²) in [6, 6.07) is 6.23. The van der Waals surface area contributed by atoms with Crippen LogP contribution >= 0.6 is 0 Å². The van der Waals surface area contributed by atoms with E-state index < -0.39 is 0 Å². The van der Waals surface area contributed by atoms with Crippen LogP contribution in [-0.4, -0.2) is 32.8 Å². The van der Waals surface area contributed by atoms with E-state index in [9.17, 15) is 0 Å². The summed E-state index contributed by atoms with van der Waals surface area (Å²) in [5.41, 5.74) is 7.37. The van der Waals surface area contributed by atoms with Gasteiger partial charge in [0.25, 0.3) is 0 Å². The van der Waals surface area contributed by atoms with Crippen molar-refractivity contribution in [1.82, 2.24) is 5.32 Å². The van der Waals surface area contributed by atoms with Gasteiger partial charge in [-0.3, -0.25) is 0 Å². The van der Waals surface area contributed by atoms with Gasteiger partial charge < -0.3 is 20.5 Å². The Labute approximate surface area is 127 Å². The van der Waals surface area contributed by atoms with E-state index in [-0.39, 0.29) is 11.5 Å². The second-order valence-electron chi connectivity index (χ2n) is 6.26. The molecule has 0 radical (unpaired) electrons. The van der Waals surface area contributed by atoms with Gasteiger partial charge in [0.2, 0.25) is 0 Å². The molecule has 0 amide bonds. The Morgan fingerprint density at radius 2 is 2.19 bits per heavy atom. The van der Waals surface area contributed by atoms with E-state index >= 15 is 0 Å². The normalized spacial score (nSPS) is 24.2. The third-order valence-corrected chi connectivity index (χ3v) is 5.00. The fraction of sp³-hybridized carbons (Fsp3) is 0.647. The van der Waals surface area contributed by atoms with Gasteiger partial charge in [-0.15, -0.1) is 0 Å². The molecule has 3 rings (SSSR count). The van der Waals surface area contributed by atoms with Crippen LogP contribution in [0.3, 0.4) is 0 Å². The molecule has 4 heteroatoms. The molecular weight excluding hydrogens is 264 g/mol. The Kier molecular flexibility index (Phi) is 4.36. The van der Waals surface area contributed by atoms with Gasteiger partial charge in [-0.1, -0.05) is 18.6 Å². The number of hydrogen-bond acceptors (Lipinski definition) is 4. The van der Waals surface area contributed by atoms with E-state index in [4.69, 9.17) is 15.2 Å². The maximum Gasteiger partial charge on any atom is 0.164 e. The van der Waals surface area contributed by atoms with E-state index in [0.717, 1.165) is 43.9 Å². The minimum absolute atomic E-state index is 0.0928. The number of hydrogen-bond donors (Lipinski definition) is 2. The number of para-hydroxylation sites is 1. The number of methoxy groups -OCH3 is 1. The van der Waals surface area contributed by atoms with E-state index in [1.807, 2.05) is 6.07 Å². The first-order valence-corrected chi connectivity index (χ1v) is 8.04. The summed E-state index contributed by atoms with van der Waals surface area (Å²) in [4.78, 5) is 0. The zero-order valence-electron chi connectivity index (χ0n) is 12.9. The molecule has 1 heterocycles. The Morgan fingerprint density at radius 1 is 1.33 bits per heavy atom. The highest BCUT2D eigenvalue weighted by Gasteiger charge is 2.40. The van der Waals surface area contributed by atoms with Gasteiger partial charge in [0, 0.05) is 24.1 Å². The second kappa shape index (κ2) is 6.24. The fourth-order valence-electron chi connectivity index (χ4n) is 3.52. The minimum Gasteiger partial charge on any atom is -0.493 e. The lowest BCUT2D eigenvalue weighted by Gasteiger charge is -2.42. The second-order valence-corrected chi connectivity index (χ2v) is 6.26. The van der Waals surface area contributed by atoms with Crippen LogP contribution in [0.2, 0.25) is 0 Å². The van der Waals surface area contributed by atoms with Crippen molar-refractivity contribution in [3.05, 3.63) is 23.8 Å². The number of piperidine rings is 1. The zero-order chi connectivity index (χ0) is 14.7. The molecule has 0 spiro atoms. The summed E-state index contributed by atoms with van der Waals surface area (Å²) in [6.45, 7) is 2.68. The molecule has 2 fully saturated rings. The Balaban J connectivity index is 1.86. The fourth-order valence-corrected chi connectivity index (χ4v) is 3.52. The molecule has 21 heavy (non-hydrogen) atoms.